The van der Waals surface area contributed by atoms with Crippen LogP contribution in [0.15, 0.2) is 11.0 Å². The second kappa shape index (κ2) is 8.25. The van der Waals surface area contributed by atoms with E-state index in [1.807, 2.05) is 6.92 Å². The zero-order valence-electron chi connectivity index (χ0n) is 16.7. The third-order valence-electron chi connectivity index (χ3n) is 5.39. The Morgan fingerprint density at radius 2 is 2.00 bits per heavy atom. The molecular formula is C20H30N4O3. The van der Waals surface area contributed by atoms with Crippen molar-refractivity contribution in [3.63, 3.8) is 0 Å². The van der Waals surface area contributed by atoms with Crippen LogP contribution in [0.1, 0.15) is 67.2 Å². The van der Waals surface area contributed by atoms with E-state index >= 15 is 0 Å². The van der Waals surface area contributed by atoms with Gasteiger partial charge >= 0.3 is 0 Å². The maximum Gasteiger partial charge on any atom is 0.277 e. The molecule has 0 atom stereocenters. The molecule has 0 unspecified atom stereocenters. The van der Waals surface area contributed by atoms with Crippen LogP contribution in [0.25, 0.3) is 5.52 Å². The fraction of sp³-hybridized carbons (Fsp3) is 0.650. The van der Waals surface area contributed by atoms with Crippen LogP contribution < -0.4 is 10.9 Å². The van der Waals surface area contributed by atoms with Gasteiger partial charge in [-0.15, -0.1) is 0 Å². The lowest BCUT2D eigenvalue weighted by atomic mass is 9.92. The second-order valence-corrected chi connectivity index (χ2v) is 7.58. The van der Waals surface area contributed by atoms with Gasteiger partial charge in [0, 0.05) is 25.9 Å². The van der Waals surface area contributed by atoms with E-state index < -0.39 is 0 Å². The van der Waals surface area contributed by atoms with Crippen LogP contribution in [0.3, 0.4) is 0 Å². The van der Waals surface area contributed by atoms with Crippen LogP contribution in [-0.4, -0.2) is 38.8 Å². The summed E-state index contributed by atoms with van der Waals surface area (Å²) in [6.07, 6.45) is 7.99. The number of aryl methyl sites for hydroxylation is 3. The lowest BCUT2D eigenvalue weighted by Crippen LogP contribution is -2.39. The molecule has 1 aliphatic rings. The Balaban J connectivity index is 1.71. The van der Waals surface area contributed by atoms with Crippen molar-refractivity contribution < 1.29 is 9.53 Å². The molecule has 0 spiro atoms. The number of nitrogens with zero attached hydrogens (tertiary/aromatic N) is 3. The van der Waals surface area contributed by atoms with E-state index in [9.17, 15) is 9.59 Å². The van der Waals surface area contributed by atoms with Crippen LogP contribution in [0.5, 0.6) is 0 Å². The van der Waals surface area contributed by atoms with E-state index in [4.69, 9.17) is 4.74 Å². The van der Waals surface area contributed by atoms with Gasteiger partial charge in [0.25, 0.3) is 11.5 Å². The molecule has 0 aliphatic heterocycles. The van der Waals surface area contributed by atoms with Gasteiger partial charge in [0.05, 0.1) is 23.1 Å². The molecule has 0 bridgehead atoms. The molecule has 1 fully saturated rings. The first-order valence-electron chi connectivity index (χ1n) is 9.90. The minimum absolute atomic E-state index is 0.117. The first kappa shape index (κ1) is 19.6. The summed E-state index contributed by atoms with van der Waals surface area (Å²) in [7, 11) is 1.69. The first-order valence-corrected chi connectivity index (χ1v) is 9.90. The quantitative estimate of drug-likeness (QED) is 0.788. The summed E-state index contributed by atoms with van der Waals surface area (Å²) >= 11 is 0. The number of amides is 1. The standard InChI is InChI=1S/C20H30N4O3/c1-5-6-11-27-16-9-7-15(8-10-16)21-19(25)17-14(3)22-24-13(2)12-23(4)20(26)18(17)24/h12,15-16H,5-11H2,1-4H3,(H,21,25). The predicted octanol–water partition coefficient (Wildman–Crippen LogP) is 2.51. The molecule has 1 saturated carbocycles. The highest BCUT2D eigenvalue weighted by Crippen LogP contribution is 2.22. The molecule has 1 N–H and O–H groups in total. The third-order valence-corrected chi connectivity index (χ3v) is 5.39. The number of fused-ring (bicyclic) bond motifs is 1. The van der Waals surface area contributed by atoms with Crippen molar-refractivity contribution >= 4 is 11.4 Å². The molecule has 0 saturated heterocycles. The highest BCUT2D eigenvalue weighted by molar-refractivity contribution is 6.02. The number of hydrogen-bond donors (Lipinski definition) is 1. The van der Waals surface area contributed by atoms with Crippen molar-refractivity contribution in [3.05, 3.63) is 33.5 Å². The molecule has 2 aromatic rings. The maximum atomic E-state index is 12.9. The molecule has 27 heavy (non-hydrogen) atoms. The molecule has 0 radical (unpaired) electrons. The largest absolute Gasteiger partial charge is 0.378 e. The molecule has 3 rings (SSSR count). The van der Waals surface area contributed by atoms with Gasteiger partial charge in [0.1, 0.15) is 5.52 Å². The normalized spacial score (nSPS) is 20.1. The van der Waals surface area contributed by atoms with E-state index in [0.717, 1.165) is 50.8 Å². The molecule has 1 amide bonds. The number of unbranched alkanes of at least 4 members (excludes halogenated alkanes) is 1. The number of carbonyl (C=O) groups excluding carboxylic acids is 1. The Kier molecular flexibility index (Phi) is 5.99. The summed E-state index contributed by atoms with van der Waals surface area (Å²) in [4.78, 5) is 25.5. The summed E-state index contributed by atoms with van der Waals surface area (Å²) in [6, 6.07) is 0.117. The monoisotopic (exact) mass is 374 g/mol. The SMILES string of the molecule is CCCCOC1CCC(NC(=O)c2c(C)nn3c(C)cn(C)c(=O)c23)CC1. The van der Waals surface area contributed by atoms with Crippen LogP contribution in [0.4, 0.5) is 0 Å². The molecule has 2 heterocycles. The van der Waals surface area contributed by atoms with Gasteiger partial charge in [-0.2, -0.15) is 5.10 Å². The summed E-state index contributed by atoms with van der Waals surface area (Å²) < 4.78 is 8.97. The van der Waals surface area contributed by atoms with Gasteiger partial charge < -0.3 is 14.6 Å². The first-order chi connectivity index (χ1) is 12.9. The van der Waals surface area contributed by atoms with E-state index in [2.05, 4.69) is 17.3 Å². The fourth-order valence-corrected chi connectivity index (χ4v) is 3.84. The van der Waals surface area contributed by atoms with Gasteiger partial charge in [-0.1, -0.05) is 13.3 Å². The van der Waals surface area contributed by atoms with Crippen molar-refractivity contribution in [1.29, 1.82) is 0 Å². The topological polar surface area (TPSA) is 77.6 Å². The zero-order chi connectivity index (χ0) is 19.6. The molecule has 7 heteroatoms. The van der Waals surface area contributed by atoms with Crippen LogP contribution in [0.2, 0.25) is 0 Å². The number of hydrogen-bond acceptors (Lipinski definition) is 4. The zero-order valence-corrected chi connectivity index (χ0v) is 16.7. The van der Waals surface area contributed by atoms with E-state index in [0.29, 0.717) is 22.9 Å². The van der Waals surface area contributed by atoms with Gasteiger partial charge in [-0.3, -0.25) is 9.59 Å². The number of aromatic nitrogens is 3. The Bertz CT molecular complexity index is 875. The number of carbonyl (C=O) groups is 1. The number of rotatable bonds is 6. The Morgan fingerprint density at radius 3 is 2.67 bits per heavy atom. The number of ether oxygens (including phenoxy) is 1. The van der Waals surface area contributed by atoms with Crippen molar-refractivity contribution in [1.82, 2.24) is 19.5 Å². The van der Waals surface area contributed by atoms with E-state index in [1.54, 1.807) is 24.7 Å². The second-order valence-electron chi connectivity index (χ2n) is 7.58. The van der Waals surface area contributed by atoms with Gasteiger partial charge in [0.15, 0.2) is 0 Å². The highest BCUT2D eigenvalue weighted by Gasteiger charge is 2.26. The van der Waals surface area contributed by atoms with Gasteiger partial charge in [0.2, 0.25) is 0 Å². The Labute approximate surface area is 159 Å². The molecule has 7 nitrogen and oxygen atoms in total. The van der Waals surface area contributed by atoms with Crippen LogP contribution in [-0.2, 0) is 11.8 Å². The summed E-state index contributed by atoms with van der Waals surface area (Å²) in [5, 5.41) is 7.52. The lowest BCUT2D eigenvalue weighted by Gasteiger charge is -2.29. The van der Waals surface area contributed by atoms with Crippen LogP contribution >= 0.6 is 0 Å². The average molecular weight is 374 g/mol. The maximum absolute atomic E-state index is 12.9. The average Bonchev–Trinajstić information content (AvgIpc) is 2.99. The molecule has 2 aromatic heterocycles. The highest BCUT2D eigenvalue weighted by atomic mass is 16.5. The fourth-order valence-electron chi connectivity index (χ4n) is 3.84. The molecular weight excluding hydrogens is 344 g/mol. The number of nitrogens with one attached hydrogen (secondary N) is 1. The minimum Gasteiger partial charge on any atom is -0.378 e. The Hall–Kier alpha value is -2.15. The van der Waals surface area contributed by atoms with Crippen molar-refractivity contribution in [2.45, 2.75) is 71.4 Å². The van der Waals surface area contributed by atoms with Gasteiger partial charge in [-0.25, -0.2) is 4.52 Å². The van der Waals surface area contributed by atoms with E-state index in [1.165, 1.54) is 4.57 Å². The van der Waals surface area contributed by atoms with E-state index in [-0.39, 0.29) is 17.5 Å². The summed E-state index contributed by atoms with van der Waals surface area (Å²) in [5.41, 5.74) is 1.93. The van der Waals surface area contributed by atoms with Crippen LogP contribution in [0, 0.1) is 13.8 Å². The molecule has 148 valence electrons. The smallest absolute Gasteiger partial charge is 0.277 e. The third kappa shape index (κ3) is 4.08. The van der Waals surface area contributed by atoms with Gasteiger partial charge in [-0.05, 0) is 46.0 Å². The van der Waals surface area contributed by atoms with Crippen molar-refractivity contribution in [2.24, 2.45) is 7.05 Å². The predicted molar refractivity (Wildman–Crippen MR) is 104 cm³/mol. The minimum atomic E-state index is -0.209. The van der Waals surface area contributed by atoms with Crippen molar-refractivity contribution in [3.8, 4) is 0 Å². The Morgan fingerprint density at radius 1 is 1.30 bits per heavy atom. The summed E-state index contributed by atoms with van der Waals surface area (Å²) in [6.45, 7) is 6.63. The summed E-state index contributed by atoms with van der Waals surface area (Å²) in [5.74, 6) is -0.208. The van der Waals surface area contributed by atoms with Crippen molar-refractivity contribution in [2.75, 3.05) is 6.61 Å². The molecule has 1 aliphatic carbocycles. The molecule has 0 aromatic carbocycles. The lowest BCUT2D eigenvalue weighted by molar-refractivity contribution is 0.0209.